The maximum absolute atomic E-state index is 13.5. The number of aryl methyl sites for hydroxylation is 1. The van der Waals surface area contributed by atoms with Gasteiger partial charge in [-0.1, -0.05) is 78.3 Å². The number of hydrogen-bond acceptors (Lipinski definition) is 3. The molecular formula is C27H26ClN3O. The summed E-state index contributed by atoms with van der Waals surface area (Å²) in [5.74, 6) is 0.0275. The Kier molecular flexibility index (Phi) is 5.81. The number of amides is 1. The third-order valence-corrected chi connectivity index (χ3v) is 6.80. The van der Waals surface area contributed by atoms with Crippen molar-refractivity contribution in [1.82, 2.24) is 9.91 Å². The molecule has 2 aliphatic rings. The third kappa shape index (κ3) is 4.08. The van der Waals surface area contributed by atoms with Gasteiger partial charge in [-0.3, -0.25) is 9.69 Å². The lowest BCUT2D eigenvalue weighted by Crippen LogP contribution is -2.40. The summed E-state index contributed by atoms with van der Waals surface area (Å²) in [6, 6.07) is 24.3. The van der Waals surface area contributed by atoms with E-state index in [2.05, 4.69) is 48.2 Å². The fourth-order valence-corrected chi connectivity index (χ4v) is 5.00. The van der Waals surface area contributed by atoms with Crippen LogP contribution >= 0.6 is 11.6 Å². The monoisotopic (exact) mass is 443 g/mol. The summed E-state index contributed by atoms with van der Waals surface area (Å²) < 4.78 is 0. The molecule has 5 heteroatoms. The highest BCUT2D eigenvalue weighted by Gasteiger charge is 2.35. The molecule has 1 amide bonds. The molecule has 0 spiro atoms. The lowest BCUT2D eigenvalue weighted by atomic mass is 9.95. The molecule has 3 aromatic carbocycles. The fourth-order valence-electron chi connectivity index (χ4n) is 4.75. The van der Waals surface area contributed by atoms with Crippen molar-refractivity contribution in [2.45, 2.75) is 32.4 Å². The largest absolute Gasteiger partial charge is 0.290 e. The van der Waals surface area contributed by atoms with Gasteiger partial charge in [0.1, 0.15) is 0 Å². The number of carbonyl (C=O) groups excluding carboxylic acids is 1. The molecule has 3 aromatic rings. The number of benzene rings is 3. The predicted octanol–water partition coefficient (Wildman–Crippen LogP) is 5.38. The Morgan fingerprint density at radius 3 is 2.53 bits per heavy atom. The highest BCUT2D eigenvalue weighted by molar-refractivity contribution is 6.34. The molecule has 0 saturated heterocycles. The van der Waals surface area contributed by atoms with Crippen molar-refractivity contribution < 1.29 is 4.79 Å². The first-order valence-electron chi connectivity index (χ1n) is 11.1. The molecule has 4 nitrogen and oxygen atoms in total. The zero-order valence-electron chi connectivity index (χ0n) is 18.2. The maximum Gasteiger partial charge on any atom is 0.257 e. The Morgan fingerprint density at radius 1 is 1.00 bits per heavy atom. The minimum Gasteiger partial charge on any atom is -0.290 e. The molecule has 0 fully saturated rings. The summed E-state index contributed by atoms with van der Waals surface area (Å²) in [6.45, 7) is 4.13. The van der Waals surface area contributed by atoms with E-state index in [0.29, 0.717) is 18.0 Å². The standard InChI is InChI=1S/C27H26ClN3O/c1-19-8-2-5-11-22(19)26-16-25(23-12-6-7-13-24(23)28)29-31(26)27(32)18-30-15-14-20-9-3-4-10-21(20)17-30/h2-13,26H,14-18H2,1H3/t26-/m1/s1. The van der Waals surface area contributed by atoms with Crippen LogP contribution in [0.5, 0.6) is 0 Å². The van der Waals surface area contributed by atoms with Crippen molar-refractivity contribution in [3.05, 3.63) is 106 Å². The smallest absolute Gasteiger partial charge is 0.257 e. The van der Waals surface area contributed by atoms with Gasteiger partial charge in [0.15, 0.2) is 0 Å². The Hall–Kier alpha value is -2.95. The minimum atomic E-state index is -0.118. The van der Waals surface area contributed by atoms with Crippen LogP contribution in [-0.4, -0.2) is 34.6 Å². The average molecular weight is 444 g/mol. The van der Waals surface area contributed by atoms with Gasteiger partial charge in [-0.25, -0.2) is 5.01 Å². The Morgan fingerprint density at radius 2 is 1.72 bits per heavy atom. The van der Waals surface area contributed by atoms with E-state index in [1.807, 2.05) is 36.4 Å². The maximum atomic E-state index is 13.5. The first kappa shape index (κ1) is 20.9. The van der Waals surface area contributed by atoms with E-state index in [1.54, 1.807) is 5.01 Å². The number of hydrogen-bond donors (Lipinski definition) is 0. The first-order valence-corrected chi connectivity index (χ1v) is 11.5. The summed E-state index contributed by atoms with van der Waals surface area (Å²) in [5.41, 5.74) is 6.75. The van der Waals surface area contributed by atoms with Crippen molar-refractivity contribution in [1.29, 1.82) is 0 Å². The molecule has 2 aliphatic heterocycles. The SMILES string of the molecule is Cc1ccccc1[C@H]1CC(c2ccccc2Cl)=NN1C(=O)CN1CCc2ccccc2C1. The summed E-state index contributed by atoms with van der Waals surface area (Å²) >= 11 is 6.47. The zero-order valence-corrected chi connectivity index (χ0v) is 18.9. The van der Waals surface area contributed by atoms with Crippen LogP contribution < -0.4 is 0 Å². The van der Waals surface area contributed by atoms with Crippen molar-refractivity contribution in [2.24, 2.45) is 5.10 Å². The topological polar surface area (TPSA) is 35.9 Å². The second-order valence-electron chi connectivity index (χ2n) is 8.57. The Balaban J connectivity index is 1.42. The Bertz CT molecular complexity index is 1190. The molecule has 1 atom stereocenters. The molecule has 2 heterocycles. The lowest BCUT2D eigenvalue weighted by molar-refractivity contribution is -0.134. The molecule has 0 aliphatic carbocycles. The van der Waals surface area contributed by atoms with Crippen LogP contribution in [0.3, 0.4) is 0 Å². The van der Waals surface area contributed by atoms with Gasteiger partial charge in [-0.15, -0.1) is 0 Å². The number of rotatable bonds is 4. The summed E-state index contributed by atoms with van der Waals surface area (Å²) in [5, 5.41) is 7.18. The molecule has 32 heavy (non-hydrogen) atoms. The number of fused-ring (bicyclic) bond motifs is 1. The van der Waals surface area contributed by atoms with Gasteiger partial charge in [-0.05, 0) is 41.7 Å². The molecule has 0 saturated carbocycles. The highest BCUT2D eigenvalue weighted by atomic mass is 35.5. The van der Waals surface area contributed by atoms with E-state index in [1.165, 1.54) is 11.1 Å². The number of nitrogens with zero attached hydrogens (tertiary/aromatic N) is 3. The summed E-state index contributed by atoms with van der Waals surface area (Å²) in [6.07, 6.45) is 1.63. The van der Waals surface area contributed by atoms with Crippen LogP contribution in [0.2, 0.25) is 5.02 Å². The van der Waals surface area contributed by atoms with Crippen LogP contribution in [0.4, 0.5) is 0 Å². The van der Waals surface area contributed by atoms with Crippen LogP contribution in [0.15, 0.2) is 77.9 Å². The predicted molar refractivity (Wildman–Crippen MR) is 129 cm³/mol. The van der Waals surface area contributed by atoms with Gasteiger partial charge < -0.3 is 0 Å². The van der Waals surface area contributed by atoms with Crippen LogP contribution in [-0.2, 0) is 17.8 Å². The summed E-state index contributed by atoms with van der Waals surface area (Å²) in [7, 11) is 0. The average Bonchev–Trinajstić information content (AvgIpc) is 3.25. The van der Waals surface area contributed by atoms with E-state index < -0.39 is 0 Å². The van der Waals surface area contributed by atoms with Crippen molar-refractivity contribution in [3.63, 3.8) is 0 Å². The quantitative estimate of drug-likeness (QED) is 0.542. The number of carbonyl (C=O) groups is 1. The molecule has 162 valence electrons. The zero-order chi connectivity index (χ0) is 22.1. The molecule has 0 N–H and O–H groups in total. The van der Waals surface area contributed by atoms with Crippen LogP contribution in [0.25, 0.3) is 0 Å². The molecule has 0 unspecified atom stereocenters. The van der Waals surface area contributed by atoms with E-state index in [0.717, 1.165) is 41.9 Å². The van der Waals surface area contributed by atoms with Crippen molar-refractivity contribution in [2.75, 3.05) is 13.1 Å². The molecular weight excluding hydrogens is 418 g/mol. The van der Waals surface area contributed by atoms with Gasteiger partial charge in [0, 0.05) is 30.1 Å². The number of halogens is 1. The van der Waals surface area contributed by atoms with E-state index in [9.17, 15) is 4.79 Å². The molecule has 0 radical (unpaired) electrons. The van der Waals surface area contributed by atoms with Gasteiger partial charge in [0.2, 0.25) is 0 Å². The Labute approximate surface area is 194 Å². The number of hydrazone groups is 1. The lowest BCUT2D eigenvalue weighted by Gasteiger charge is -2.30. The van der Waals surface area contributed by atoms with Gasteiger partial charge in [-0.2, -0.15) is 5.10 Å². The van der Waals surface area contributed by atoms with E-state index in [-0.39, 0.29) is 11.9 Å². The highest BCUT2D eigenvalue weighted by Crippen LogP contribution is 2.36. The first-order chi connectivity index (χ1) is 15.6. The second-order valence-corrected chi connectivity index (χ2v) is 8.98. The van der Waals surface area contributed by atoms with Crippen molar-refractivity contribution in [3.8, 4) is 0 Å². The molecule has 0 aromatic heterocycles. The van der Waals surface area contributed by atoms with E-state index in [4.69, 9.17) is 16.7 Å². The normalized spacial score (nSPS) is 18.4. The fraction of sp³-hybridized carbons (Fsp3) is 0.259. The second kappa shape index (κ2) is 8.89. The van der Waals surface area contributed by atoms with Gasteiger partial charge in [0.25, 0.3) is 5.91 Å². The van der Waals surface area contributed by atoms with Crippen molar-refractivity contribution >= 4 is 23.2 Å². The molecule has 0 bridgehead atoms. The third-order valence-electron chi connectivity index (χ3n) is 6.47. The van der Waals surface area contributed by atoms with Gasteiger partial charge >= 0.3 is 0 Å². The van der Waals surface area contributed by atoms with Crippen LogP contribution in [0.1, 0.15) is 40.3 Å². The van der Waals surface area contributed by atoms with Gasteiger partial charge in [0.05, 0.1) is 18.3 Å². The van der Waals surface area contributed by atoms with E-state index >= 15 is 0 Å². The van der Waals surface area contributed by atoms with Crippen LogP contribution in [0, 0.1) is 6.92 Å². The minimum absolute atomic E-state index is 0.0275. The molecule has 5 rings (SSSR count). The summed E-state index contributed by atoms with van der Waals surface area (Å²) in [4.78, 5) is 15.8.